The molecule has 0 bridgehead atoms. The molecule has 0 aliphatic carbocycles. The van der Waals surface area contributed by atoms with E-state index in [1.807, 2.05) is 6.08 Å². The van der Waals surface area contributed by atoms with Crippen LogP contribution >= 0.6 is 0 Å². The van der Waals surface area contributed by atoms with E-state index in [9.17, 15) is 0 Å². The number of hydrogen-bond acceptors (Lipinski definition) is 2. The molecule has 1 fully saturated rings. The van der Waals surface area contributed by atoms with Crippen LogP contribution in [0.5, 0.6) is 0 Å². The molecule has 1 aliphatic heterocycles. The van der Waals surface area contributed by atoms with Crippen molar-refractivity contribution in [3.8, 4) is 0 Å². The first kappa shape index (κ1) is 9.75. The van der Waals surface area contributed by atoms with Crippen molar-refractivity contribution in [1.82, 2.24) is 4.90 Å². The minimum absolute atomic E-state index is 0.347. The van der Waals surface area contributed by atoms with E-state index in [0.717, 1.165) is 25.3 Å². The van der Waals surface area contributed by atoms with Crippen LogP contribution in [0.25, 0.3) is 0 Å². The van der Waals surface area contributed by atoms with E-state index in [2.05, 4.69) is 11.5 Å². The highest BCUT2D eigenvalue weighted by Gasteiger charge is 2.20. The molecule has 0 aromatic heterocycles. The van der Waals surface area contributed by atoms with Crippen LogP contribution in [0.3, 0.4) is 0 Å². The lowest BCUT2D eigenvalue weighted by molar-refractivity contribution is 0.251. The minimum Gasteiger partial charge on any atom is -0.396 e. The molecule has 0 radical (unpaired) electrons. The highest BCUT2D eigenvalue weighted by Crippen LogP contribution is 2.18. The van der Waals surface area contributed by atoms with Crippen LogP contribution in [0.2, 0.25) is 0 Å². The molecule has 1 unspecified atom stereocenters. The maximum atomic E-state index is 8.75. The molecule has 1 aliphatic rings. The predicted molar refractivity (Wildman–Crippen MR) is 51.1 cm³/mol. The lowest BCUT2D eigenvalue weighted by Gasteiger charge is -2.13. The van der Waals surface area contributed by atoms with Gasteiger partial charge in [-0.25, -0.2) is 0 Å². The van der Waals surface area contributed by atoms with Crippen molar-refractivity contribution in [1.29, 1.82) is 0 Å². The van der Waals surface area contributed by atoms with Crippen molar-refractivity contribution in [3.05, 3.63) is 12.7 Å². The Morgan fingerprint density at radius 3 is 3.08 bits per heavy atom. The van der Waals surface area contributed by atoms with Crippen molar-refractivity contribution in [3.63, 3.8) is 0 Å². The Labute approximate surface area is 74.9 Å². The summed E-state index contributed by atoms with van der Waals surface area (Å²) < 4.78 is 0. The fourth-order valence-electron chi connectivity index (χ4n) is 1.81. The number of nitrogens with zero attached hydrogens (tertiary/aromatic N) is 1. The first-order chi connectivity index (χ1) is 5.86. The van der Waals surface area contributed by atoms with Gasteiger partial charge >= 0.3 is 0 Å². The van der Waals surface area contributed by atoms with Gasteiger partial charge in [0, 0.05) is 19.7 Å². The average Bonchev–Trinajstić information content (AvgIpc) is 2.50. The molecule has 2 heteroatoms. The summed E-state index contributed by atoms with van der Waals surface area (Å²) in [6.45, 7) is 7.58. The first-order valence-electron chi connectivity index (χ1n) is 4.81. The molecule has 0 aromatic carbocycles. The van der Waals surface area contributed by atoms with Gasteiger partial charge in [-0.3, -0.25) is 0 Å². The van der Waals surface area contributed by atoms with Gasteiger partial charge < -0.3 is 10.0 Å². The molecule has 0 amide bonds. The van der Waals surface area contributed by atoms with Gasteiger partial charge in [0.2, 0.25) is 0 Å². The normalized spacial score (nSPS) is 24.6. The quantitative estimate of drug-likeness (QED) is 0.626. The van der Waals surface area contributed by atoms with E-state index in [1.54, 1.807) is 0 Å². The second-order valence-electron chi connectivity index (χ2n) is 3.54. The predicted octanol–water partition coefficient (Wildman–Crippen LogP) is 1.27. The van der Waals surface area contributed by atoms with Crippen LogP contribution in [-0.2, 0) is 0 Å². The second-order valence-corrected chi connectivity index (χ2v) is 3.54. The van der Waals surface area contributed by atoms with E-state index in [1.165, 1.54) is 19.5 Å². The molecular weight excluding hydrogens is 150 g/mol. The van der Waals surface area contributed by atoms with Gasteiger partial charge in [-0.1, -0.05) is 6.08 Å². The van der Waals surface area contributed by atoms with E-state index in [4.69, 9.17) is 5.11 Å². The van der Waals surface area contributed by atoms with Crippen LogP contribution in [0.4, 0.5) is 0 Å². The molecular formula is C10H19NO. The third-order valence-electron chi connectivity index (χ3n) is 2.56. The molecule has 0 saturated carbocycles. The third kappa shape index (κ3) is 2.95. The van der Waals surface area contributed by atoms with Crippen molar-refractivity contribution in [2.24, 2.45) is 5.92 Å². The van der Waals surface area contributed by atoms with Crippen molar-refractivity contribution in [2.45, 2.75) is 19.3 Å². The molecule has 0 spiro atoms. The fourth-order valence-corrected chi connectivity index (χ4v) is 1.81. The first-order valence-corrected chi connectivity index (χ1v) is 4.81. The number of aliphatic hydroxyl groups excluding tert-OH is 1. The maximum absolute atomic E-state index is 8.75. The van der Waals surface area contributed by atoms with Crippen LogP contribution in [0.1, 0.15) is 19.3 Å². The van der Waals surface area contributed by atoms with Gasteiger partial charge in [0.05, 0.1) is 0 Å². The van der Waals surface area contributed by atoms with Crippen LogP contribution in [0.15, 0.2) is 12.7 Å². The molecule has 70 valence electrons. The van der Waals surface area contributed by atoms with Gasteiger partial charge in [-0.05, 0) is 31.7 Å². The van der Waals surface area contributed by atoms with Crippen LogP contribution in [0, 0.1) is 5.92 Å². The van der Waals surface area contributed by atoms with E-state index >= 15 is 0 Å². The Morgan fingerprint density at radius 2 is 2.42 bits per heavy atom. The van der Waals surface area contributed by atoms with Gasteiger partial charge in [0.15, 0.2) is 0 Å². The molecule has 1 N–H and O–H groups in total. The minimum atomic E-state index is 0.347. The molecule has 1 heterocycles. The number of hydrogen-bond donors (Lipinski definition) is 1. The summed E-state index contributed by atoms with van der Waals surface area (Å²) in [5.41, 5.74) is 0. The molecule has 1 rings (SSSR count). The molecule has 1 saturated heterocycles. The number of likely N-dealkylation sites (tertiary alicyclic amines) is 1. The summed E-state index contributed by atoms with van der Waals surface area (Å²) in [6, 6.07) is 0. The Bertz CT molecular complexity index is 136. The van der Waals surface area contributed by atoms with E-state index in [0.29, 0.717) is 6.61 Å². The Hall–Kier alpha value is -0.340. The van der Waals surface area contributed by atoms with Crippen molar-refractivity contribution < 1.29 is 5.11 Å². The molecule has 0 aromatic rings. The number of rotatable bonds is 5. The summed E-state index contributed by atoms with van der Waals surface area (Å²) in [5.74, 6) is 0.736. The lowest BCUT2D eigenvalue weighted by Crippen LogP contribution is -2.21. The van der Waals surface area contributed by atoms with Crippen molar-refractivity contribution >= 4 is 0 Å². The summed E-state index contributed by atoms with van der Waals surface area (Å²) in [6.07, 6.45) is 5.30. The standard InChI is InChI=1S/C10H19NO/c1-2-3-6-11-7-4-10(9-11)5-8-12/h2,10,12H,1,3-9H2. The zero-order valence-electron chi connectivity index (χ0n) is 7.71. The average molecular weight is 169 g/mol. The topological polar surface area (TPSA) is 23.5 Å². The summed E-state index contributed by atoms with van der Waals surface area (Å²) in [5, 5.41) is 8.75. The lowest BCUT2D eigenvalue weighted by atomic mass is 10.1. The maximum Gasteiger partial charge on any atom is 0.0434 e. The summed E-state index contributed by atoms with van der Waals surface area (Å²) in [4.78, 5) is 2.46. The zero-order valence-corrected chi connectivity index (χ0v) is 7.71. The highest BCUT2D eigenvalue weighted by atomic mass is 16.3. The summed E-state index contributed by atoms with van der Waals surface area (Å²) >= 11 is 0. The Kier molecular flexibility index (Phi) is 4.33. The van der Waals surface area contributed by atoms with Crippen LogP contribution < -0.4 is 0 Å². The number of aliphatic hydroxyl groups is 1. The fraction of sp³-hybridized carbons (Fsp3) is 0.800. The van der Waals surface area contributed by atoms with Crippen LogP contribution in [-0.4, -0.2) is 36.2 Å². The van der Waals surface area contributed by atoms with Crippen molar-refractivity contribution in [2.75, 3.05) is 26.2 Å². The van der Waals surface area contributed by atoms with Gasteiger partial charge in [0.25, 0.3) is 0 Å². The monoisotopic (exact) mass is 169 g/mol. The second kappa shape index (κ2) is 5.33. The smallest absolute Gasteiger partial charge is 0.0434 e. The molecule has 2 nitrogen and oxygen atoms in total. The summed E-state index contributed by atoms with van der Waals surface area (Å²) in [7, 11) is 0. The van der Waals surface area contributed by atoms with E-state index < -0.39 is 0 Å². The molecule has 1 atom stereocenters. The largest absolute Gasteiger partial charge is 0.396 e. The Balaban J connectivity index is 2.12. The van der Waals surface area contributed by atoms with Gasteiger partial charge in [-0.2, -0.15) is 0 Å². The van der Waals surface area contributed by atoms with Gasteiger partial charge in [-0.15, -0.1) is 6.58 Å². The molecule has 12 heavy (non-hydrogen) atoms. The van der Waals surface area contributed by atoms with Gasteiger partial charge in [0.1, 0.15) is 0 Å². The third-order valence-corrected chi connectivity index (χ3v) is 2.56. The Morgan fingerprint density at radius 1 is 1.58 bits per heavy atom. The van der Waals surface area contributed by atoms with E-state index in [-0.39, 0.29) is 0 Å². The highest BCUT2D eigenvalue weighted by molar-refractivity contribution is 4.77. The SMILES string of the molecule is C=CCCN1CCC(CCO)C1. The zero-order chi connectivity index (χ0) is 8.81.